The molecule has 0 saturated carbocycles. The predicted molar refractivity (Wildman–Crippen MR) is 71.8 cm³/mol. The number of ether oxygens (including phenoxy) is 2. The van der Waals surface area contributed by atoms with Gasteiger partial charge in [0.1, 0.15) is 5.75 Å². The fraction of sp³-hybridized carbons (Fsp3) is 0.400. The molecule has 0 radical (unpaired) electrons. The maximum absolute atomic E-state index is 11.3. The Kier molecular flexibility index (Phi) is 4.95. The maximum Gasteiger partial charge on any atom is 0.330 e. The molecule has 0 N–H and O–H groups in total. The van der Waals surface area contributed by atoms with Gasteiger partial charge >= 0.3 is 5.97 Å². The van der Waals surface area contributed by atoms with E-state index >= 15 is 0 Å². The molecule has 0 aliphatic rings. The lowest BCUT2D eigenvalue weighted by molar-refractivity contribution is -0.137. The molecule has 1 aromatic carbocycles. The third kappa shape index (κ3) is 3.91. The zero-order valence-electron chi connectivity index (χ0n) is 11.4. The van der Waals surface area contributed by atoms with Crippen molar-refractivity contribution in [1.82, 2.24) is 0 Å². The summed E-state index contributed by atoms with van der Waals surface area (Å²) < 4.78 is 10.1. The van der Waals surface area contributed by atoms with E-state index < -0.39 is 0 Å². The Morgan fingerprint density at radius 2 is 2.11 bits per heavy atom. The Balaban J connectivity index is 2.87. The van der Waals surface area contributed by atoms with Crippen LogP contribution in [0.1, 0.15) is 26.3 Å². The molecule has 0 atom stereocenters. The zero-order chi connectivity index (χ0) is 13.6. The van der Waals surface area contributed by atoms with E-state index in [1.165, 1.54) is 6.08 Å². The molecule has 0 unspecified atom stereocenters. The number of benzene rings is 1. The molecule has 98 valence electrons. The second-order valence-electron chi connectivity index (χ2n) is 4.54. The van der Waals surface area contributed by atoms with E-state index in [0.717, 1.165) is 11.3 Å². The van der Waals surface area contributed by atoms with Gasteiger partial charge in [-0.15, -0.1) is 0 Å². The van der Waals surface area contributed by atoms with Crippen LogP contribution in [0.25, 0.3) is 0 Å². The second kappa shape index (κ2) is 6.24. The topological polar surface area (TPSA) is 35.5 Å². The van der Waals surface area contributed by atoms with Crippen molar-refractivity contribution in [3.63, 3.8) is 0 Å². The van der Waals surface area contributed by atoms with Gasteiger partial charge in [-0.25, -0.2) is 4.79 Å². The van der Waals surface area contributed by atoms with Gasteiger partial charge in [0.2, 0.25) is 0 Å². The van der Waals surface area contributed by atoms with Crippen molar-refractivity contribution in [3.8, 4) is 5.75 Å². The van der Waals surface area contributed by atoms with E-state index in [2.05, 4.69) is 0 Å². The average Bonchev–Trinajstić information content (AvgIpc) is 2.37. The third-order valence-electron chi connectivity index (χ3n) is 2.74. The first-order chi connectivity index (χ1) is 8.49. The van der Waals surface area contributed by atoms with Crippen LogP contribution in [0, 0.1) is 0 Å². The molecule has 0 spiro atoms. The Bertz CT molecular complexity index is 433. The summed E-state index contributed by atoms with van der Waals surface area (Å²) in [7, 11) is 1.64. The van der Waals surface area contributed by atoms with Gasteiger partial charge in [0, 0.05) is 11.5 Å². The van der Waals surface area contributed by atoms with Gasteiger partial charge < -0.3 is 9.47 Å². The molecular formula is C15H20O3. The Labute approximate surface area is 108 Å². The van der Waals surface area contributed by atoms with Crippen molar-refractivity contribution < 1.29 is 14.3 Å². The molecule has 0 saturated heterocycles. The molecule has 0 bridgehead atoms. The molecular weight excluding hydrogens is 228 g/mol. The van der Waals surface area contributed by atoms with Crippen LogP contribution in [0.3, 0.4) is 0 Å². The molecule has 0 heterocycles. The minimum Gasteiger partial charge on any atom is -0.497 e. The lowest BCUT2D eigenvalue weighted by Gasteiger charge is -2.21. The largest absolute Gasteiger partial charge is 0.497 e. The molecule has 3 heteroatoms. The SMILES string of the molecule is CCOC(=O)/C=C/C(C)(C)c1cccc(OC)c1. The van der Waals surface area contributed by atoms with E-state index in [0.29, 0.717) is 6.61 Å². The number of hydrogen-bond donors (Lipinski definition) is 0. The van der Waals surface area contributed by atoms with Crippen molar-refractivity contribution in [3.05, 3.63) is 42.0 Å². The van der Waals surface area contributed by atoms with E-state index in [1.807, 2.05) is 44.2 Å². The number of methoxy groups -OCH3 is 1. The minimum absolute atomic E-state index is 0.249. The van der Waals surface area contributed by atoms with Crippen molar-refractivity contribution in [1.29, 1.82) is 0 Å². The fourth-order valence-electron chi connectivity index (χ4n) is 1.59. The summed E-state index contributed by atoms with van der Waals surface area (Å²) in [4.78, 5) is 11.3. The van der Waals surface area contributed by atoms with E-state index in [-0.39, 0.29) is 11.4 Å². The lowest BCUT2D eigenvalue weighted by atomic mass is 9.84. The highest BCUT2D eigenvalue weighted by molar-refractivity contribution is 5.82. The summed E-state index contributed by atoms with van der Waals surface area (Å²) in [5.41, 5.74) is 0.837. The number of rotatable bonds is 5. The second-order valence-corrected chi connectivity index (χ2v) is 4.54. The van der Waals surface area contributed by atoms with Crippen LogP contribution in [0.15, 0.2) is 36.4 Å². The maximum atomic E-state index is 11.3. The van der Waals surface area contributed by atoms with Gasteiger partial charge in [0.15, 0.2) is 0 Å². The predicted octanol–water partition coefficient (Wildman–Crippen LogP) is 3.09. The standard InChI is InChI=1S/C15H20O3/c1-5-18-14(16)9-10-15(2,3)12-7-6-8-13(11-12)17-4/h6-11H,5H2,1-4H3/b10-9+. The monoisotopic (exact) mass is 248 g/mol. The summed E-state index contributed by atoms with van der Waals surface area (Å²) in [6.07, 6.45) is 3.32. The molecule has 1 rings (SSSR count). The molecule has 0 amide bonds. The van der Waals surface area contributed by atoms with Crippen molar-refractivity contribution in [2.75, 3.05) is 13.7 Å². The van der Waals surface area contributed by atoms with Crippen LogP contribution in [0.4, 0.5) is 0 Å². The van der Waals surface area contributed by atoms with Crippen molar-refractivity contribution >= 4 is 5.97 Å². The molecule has 0 aliphatic carbocycles. The molecule has 3 nitrogen and oxygen atoms in total. The lowest BCUT2D eigenvalue weighted by Crippen LogP contribution is -2.14. The molecule has 0 aromatic heterocycles. The summed E-state index contributed by atoms with van der Waals surface area (Å²) >= 11 is 0. The van der Waals surface area contributed by atoms with Crippen LogP contribution in [-0.4, -0.2) is 19.7 Å². The Hall–Kier alpha value is -1.77. The van der Waals surface area contributed by atoms with Crippen LogP contribution in [-0.2, 0) is 14.9 Å². The summed E-state index contributed by atoms with van der Waals surface area (Å²) in [5.74, 6) is 0.499. The molecule has 1 aromatic rings. The average molecular weight is 248 g/mol. The highest BCUT2D eigenvalue weighted by Crippen LogP contribution is 2.27. The van der Waals surface area contributed by atoms with Crippen LogP contribution in [0.2, 0.25) is 0 Å². The summed E-state index contributed by atoms with van der Waals surface area (Å²) in [5, 5.41) is 0. The van der Waals surface area contributed by atoms with Crippen molar-refractivity contribution in [2.24, 2.45) is 0 Å². The molecule has 0 fully saturated rings. The van der Waals surface area contributed by atoms with Gasteiger partial charge in [0.05, 0.1) is 13.7 Å². The van der Waals surface area contributed by atoms with E-state index in [1.54, 1.807) is 14.0 Å². The van der Waals surface area contributed by atoms with Gasteiger partial charge in [0.25, 0.3) is 0 Å². The minimum atomic E-state index is -0.312. The number of carbonyl (C=O) groups excluding carboxylic acids is 1. The zero-order valence-corrected chi connectivity index (χ0v) is 11.4. The smallest absolute Gasteiger partial charge is 0.330 e. The number of esters is 1. The third-order valence-corrected chi connectivity index (χ3v) is 2.74. The first-order valence-corrected chi connectivity index (χ1v) is 6.00. The van der Waals surface area contributed by atoms with Crippen LogP contribution < -0.4 is 4.74 Å². The number of hydrogen-bond acceptors (Lipinski definition) is 3. The quantitative estimate of drug-likeness (QED) is 0.593. The summed E-state index contributed by atoms with van der Waals surface area (Å²) in [6, 6.07) is 7.82. The highest BCUT2D eigenvalue weighted by atomic mass is 16.5. The van der Waals surface area contributed by atoms with Gasteiger partial charge in [-0.1, -0.05) is 32.1 Å². The van der Waals surface area contributed by atoms with E-state index in [4.69, 9.17) is 9.47 Å². The fourth-order valence-corrected chi connectivity index (χ4v) is 1.59. The van der Waals surface area contributed by atoms with Gasteiger partial charge in [-0.3, -0.25) is 0 Å². The number of carbonyl (C=O) groups is 1. The Morgan fingerprint density at radius 1 is 1.39 bits per heavy atom. The van der Waals surface area contributed by atoms with Crippen molar-refractivity contribution in [2.45, 2.75) is 26.2 Å². The number of allylic oxidation sites excluding steroid dienone is 1. The van der Waals surface area contributed by atoms with Crippen LogP contribution in [0.5, 0.6) is 5.75 Å². The molecule has 0 aliphatic heterocycles. The summed E-state index contributed by atoms with van der Waals surface area (Å²) in [6.45, 7) is 6.26. The van der Waals surface area contributed by atoms with E-state index in [9.17, 15) is 4.79 Å². The van der Waals surface area contributed by atoms with Gasteiger partial charge in [-0.05, 0) is 24.6 Å². The Morgan fingerprint density at radius 3 is 2.72 bits per heavy atom. The first kappa shape index (κ1) is 14.3. The van der Waals surface area contributed by atoms with Crippen LogP contribution >= 0.6 is 0 Å². The first-order valence-electron chi connectivity index (χ1n) is 6.00. The van der Waals surface area contributed by atoms with Gasteiger partial charge in [-0.2, -0.15) is 0 Å². The molecule has 18 heavy (non-hydrogen) atoms. The normalized spacial score (nSPS) is 11.6. The highest BCUT2D eigenvalue weighted by Gasteiger charge is 2.18.